The smallest absolute Gasteiger partial charge is 0.251 e. The molecule has 3 nitrogen and oxygen atoms in total. The van der Waals surface area contributed by atoms with E-state index in [0.29, 0.717) is 17.0 Å². The van der Waals surface area contributed by atoms with E-state index in [4.69, 9.17) is 18.0 Å². The van der Waals surface area contributed by atoms with E-state index < -0.39 is 5.82 Å². The van der Waals surface area contributed by atoms with Crippen molar-refractivity contribution >= 4 is 23.1 Å². The van der Waals surface area contributed by atoms with Gasteiger partial charge in [0, 0.05) is 18.0 Å². The molecule has 17 heavy (non-hydrogen) atoms. The van der Waals surface area contributed by atoms with Gasteiger partial charge in [-0.1, -0.05) is 18.3 Å². The summed E-state index contributed by atoms with van der Waals surface area (Å²) in [4.78, 5) is 12.2. The number of amides is 1. The number of rotatable bonds is 4. The van der Waals surface area contributed by atoms with Crippen molar-refractivity contribution in [1.82, 2.24) is 5.32 Å². The summed E-state index contributed by atoms with van der Waals surface area (Å²) < 4.78 is 13.0. The van der Waals surface area contributed by atoms with Crippen LogP contribution in [0.15, 0.2) is 18.2 Å². The SMILES string of the molecule is Cc1ccc(F)cc1C(=O)NC(C)CC(N)=S. The zero-order valence-corrected chi connectivity index (χ0v) is 10.6. The van der Waals surface area contributed by atoms with Crippen LogP contribution in [0, 0.1) is 12.7 Å². The van der Waals surface area contributed by atoms with E-state index in [-0.39, 0.29) is 11.9 Å². The zero-order chi connectivity index (χ0) is 13.0. The number of carbonyl (C=O) groups excluding carboxylic acids is 1. The number of hydrogen-bond donors (Lipinski definition) is 2. The Bertz CT molecular complexity index is 448. The first-order chi connectivity index (χ1) is 7.90. The van der Waals surface area contributed by atoms with E-state index in [9.17, 15) is 9.18 Å². The lowest BCUT2D eigenvalue weighted by atomic mass is 10.1. The number of nitrogens with one attached hydrogen (secondary N) is 1. The lowest BCUT2D eigenvalue weighted by Crippen LogP contribution is -2.35. The fraction of sp³-hybridized carbons (Fsp3) is 0.333. The van der Waals surface area contributed by atoms with Crippen molar-refractivity contribution < 1.29 is 9.18 Å². The van der Waals surface area contributed by atoms with Crippen molar-refractivity contribution in [3.63, 3.8) is 0 Å². The molecule has 0 saturated carbocycles. The van der Waals surface area contributed by atoms with Crippen LogP contribution in [0.2, 0.25) is 0 Å². The highest BCUT2D eigenvalue weighted by molar-refractivity contribution is 7.80. The van der Waals surface area contributed by atoms with Crippen LogP contribution >= 0.6 is 12.2 Å². The van der Waals surface area contributed by atoms with E-state index in [1.165, 1.54) is 12.1 Å². The molecule has 0 aliphatic heterocycles. The molecule has 1 aromatic carbocycles. The van der Waals surface area contributed by atoms with E-state index >= 15 is 0 Å². The number of nitrogens with two attached hydrogens (primary N) is 1. The van der Waals surface area contributed by atoms with E-state index in [1.807, 2.05) is 0 Å². The Labute approximate surface area is 105 Å². The van der Waals surface area contributed by atoms with Gasteiger partial charge in [-0.2, -0.15) is 0 Å². The maximum atomic E-state index is 13.0. The third-order valence-electron chi connectivity index (χ3n) is 2.33. The van der Waals surface area contributed by atoms with Gasteiger partial charge in [0.15, 0.2) is 0 Å². The summed E-state index contributed by atoms with van der Waals surface area (Å²) in [5.74, 6) is -0.742. The third kappa shape index (κ3) is 4.11. The molecule has 0 heterocycles. The van der Waals surface area contributed by atoms with Crippen LogP contribution in [0.3, 0.4) is 0 Å². The minimum atomic E-state index is -0.428. The van der Waals surface area contributed by atoms with Crippen molar-refractivity contribution in [3.05, 3.63) is 35.1 Å². The molecule has 5 heteroatoms. The van der Waals surface area contributed by atoms with Gasteiger partial charge in [-0.05, 0) is 31.5 Å². The molecule has 0 aliphatic carbocycles. The molecule has 92 valence electrons. The highest BCUT2D eigenvalue weighted by Crippen LogP contribution is 2.10. The molecule has 0 saturated heterocycles. The molecule has 0 fully saturated rings. The number of hydrogen-bond acceptors (Lipinski definition) is 2. The zero-order valence-electron chi connectivity index (χ0n) is 9.79. The number of thiocarbonyl (C=S) groups is 1. The number of aryl methyl sites for hydroxylation is 1. The molecular weight excluding hydrogens is 239 g/mol. The second-order valence-electron chi connectivity index (χ2n) is 4.00. The van der Waals surface area contributed by atoms with Crippen molar-refractivity contribution in [3.8, 4) is 0 Å². The van der Waals surface area contributed by atoms with E-state index in [2.05, 4.69) is 5.32 Å². The number of benzene rings is 1. The quantitative estimate of drug-likeness (QED) is 0.807. The summed E-state index contributed by atoms with van der Waals surface area (Å²) >= 11 is 4.75. The summed E-state index contributed by atoms with van der Waals surface area (Å²) in [5.41, 5.74) is 6.44. The molecule has 1 rings (SSSR count). The van der Waals surface area contributed by atoms with E-state index in [1.54, 1.807) is 19.9 Å². The predicted molar refractivity (Wildman–Crippen MR) is 69.5 cm³/mol. The molecular formula is C12H15FN2OS. The highest BCUT2D eigenvalue weighted by atomic mass is 32.1. The Hall–Kier alpha value is -1.49. The maximum Gasteiger partial charge on any atom is 0.251 e. The second kappa shape index (κ2) is 5.72. The van der Waals surface area contributed by atoms with Crippen LogP contribution in [0.5, 0.6) is 0 Å². The topological polar surface area (TPSA) is 55.1 Å². The Morgan fingerprint density at radius 1 is 1.59 bits per heavy atom. The van der Waals surface area contributed by atoms with Gasteiger partial charge in [0.05, 0.1) is 4.99 Å². The fourth-order valence-electron chi connectivity index (χ4n) is 1.49. The highest BCUT2D eigenvalue weighted by Gasteiger charge is 2.13. The minimum absolute atomic E-state index is 0.164. The first-order valence-electron chi connectivity index (χ1n) is 5.25. The van der Waals surface area contributed by atoms with Crippen molar-refractivity contribution in [2.24, 2.45) is 5.73 Å². The monoisotopic (exact) mass is 254 g/mol. The lowest BCUT2D eigenvalue weighted by molar-refractivity contribution is 0.0940. The van der Waals surface area contributed by atoms with Gasteiger partial charge in [0.2, 0.25) is 0 Å². The standard InChI is InChI=1S/C12H15FN2OS/c1-7-3-4-9(13)6-10(7)12(16)15-8(2)5-11(14)17/h3-4,6,8H,5H2,1-2H3,(H2,14,17)(H,15,16). The van der Waals surface area contributed by atoms with Gasteiger partial charge in [-0.15, -0.1) is 0 Å². The average molecular weight is 254 g/mol. The Kier molecular flexibility index (Phi) is 4.57. The molecule has 1 amide bonds. The molecule has 1 aromatic rings. The van der Waals surface area contributed by atoms with Crippen LogP contribution in [-0.2, 0) is 0 Å². The minimum Gasteiger partial charge on any atom is -0.393 e. The van der Waals surface area contributed by atoms with Gasteiger partial charge in [-0.3, -0.25) is 4.79 Å². The molecule has 0 bridgehead atoms. The molecule has 0 spiro atoms. The van der Waals surface area contributed by atoms with Gasteiger partial charge in [0.1, 0.15) is 5.82 Å². The predicted octanol–water partition coefficient (Wildman–Crippen LogP) is 1.93. The van der Waals surface area contributed by atoms with Crippen LogP contribution < -0.4 is 11.1 Å². The molecule has 0 aromatic heterocycles. The van der Waals surface area contributed by atoms with Crippen LogP contribution in [0.1, 0.15) is 29.3 Å². The fourth-order valence-corrected chi connectivity index (χ4v) is 1.74. The number of halogens is 1. The normalized spacial score (nSPS) is 11.9. The maximum absolute atomic E-state index is 13.0. The molecule has 1 atom stereocenters. The van der Waals surface area contributed by atoms with Gasteiger partial charge in [0.25, 0.3) is 5.91 Å². The van der Waals surface area contributed by atoms with Gasteiger partial charge >= 0.3 is 0 Å². The van der Waals surface area contributed by atoms with Crippen molar-refractivity contribution in [2.75, 3.05) is 0 Å². The van der Waals surface area contributed by atoms with E-state index in [0.717, 1.165) is 5.56 Å². The van der Waals surface area contributed by atoms with Crippen LogP contribution in [-0.4, -0.2) is 16.9 Å². The summed E-state index contributed by atoms with van der Waals surface area (Å²) in [6, 6.07) is 3.95. The average Bonchev–Trinajstić information content (AvgIpc) is 2.20. The second-order valence-corrected chi connectivity index (χ2v) is 4.53. The summed E-state index contributed by atoms with van der Waals surface area (Å²) in [6.07, 6.45) is 0.426. The van der Waals surface area contributed by atoms with Crippen molar-refractivity contribution in [2.45, 2.75) is 26.3 Å². The van der Waals surface area contributed by atoms with Crippen LogP contribution in [0.4, 0.5) is 4.39 Å². The summed E-state index contributed by atoms with van der Waals surface area (Å²) in [7, 11) is 0. The largest absolute Gasteiger partial charge is 0.393 e. The van der Waals surface area contributed by atoms with Crippen LogP contribution in [0.25, 0.3) is 0 Å². The first kappa shape index (κ1) is 13.6. The molecule has 1 unspecified atom stereocenters. The van der Waals surface area contributed by atoms with Gasteiger partial charge < -0.3 is 11.1 Å². The Morgan fingerprint density at radius 3 is 2.82 bits per heavy atom. The molecule has 0 radical (unpaired) electrons. The van der Waals surface area contributed by atoms with Gasteiger partial charge in [-0.25, -0.2) is 4.39 Å². The Balaban J connectivity index is 2.76. The summed E-state index contributed by atoms with van der Waals surface area (Å²) in [5, 5.41) is 2.72. The number of carbonyl (C=O) groups is 1. The Morgan fingerprint density at radius 2 is 2.24 bits per heavy atom. The third-order valence-corrected chi connectivity index (χ3v) is 2.50. The molecule has 3 N–H and O–H groups in total. The first-order valence-corrected chi connectivity index (χ1v) is 5.66. The van der Waals surface area contributed by atoms with Crippen molar-refractivity contribution in [1.29, 1.82) is 0 Å². The lowest BCUT2D eigenvalue weighted by Gasteiger charge is -2.14. The summed E-state index contributed by atoms with van der Waals surface area (Å²) in [6.45, 7) is 3.55. The molecule has 0 aliphatic rings.